The molecule has 0 aliphatic carbocycles. The maximum absolute atomic E-state index is 9.88. The van der Waals surface area contributed by atoms with Crippen molar-refractivity contribution in [2.75, 3.05) is 44.6 Å². The van der Waals surface area contributed by atoms with Gasteiger partial charge in [0.1, 0.15) is 0 Å². The lowest BCUT2D eigenvalue weighted by atomic mass is 10.1. The third-order valence-corrected chi connectivity index (χ3v) is 3.66. The minimum absolute atomic E-state index is 0.607. The summed E-state index contributed by atoms with van der Waals surface area (Å²) in [7, 11) is 0. The average molecular weight is 292 g/mol. The van der Waals surface area contributed by atoms with Crippen molar-refractivity contribution in [1.82, 2.24) is 14.8 Å². The van der Waals surface area contributed by atoms with Gasteiger partial charge < -0.3 is 10.4 Å². The molecule has 0 unspecified atom stereocenters. The summed E-state index contributed by atoms with van der Waals surface area (Å²) >= 11 is 0. The van der Waals surface area contributed by atoms with Crippen LogP contribution in [-0.4, -0.2) is 64.8 Å². The third kappa shape index (κ3) is 5.61. The van der Waals surface area contributed by atoms with Crippen LogP contribution in [0.5, 0.6) is 0 Å². The second-order valence-corrected chi connectivity index (χ2v) is 6.43. The lowest BCUT2D eigenvalue weighted by Gasteiger charge is -2.37. The van der Waals surface area contributed by atoms with Crippen LogP contribution in [0.1, 0.15) is 26.5 Å². The molecule has 0 radical (unpaired) electrons. The number of nitrogens with one attached hydrogen (secondary N) is 1. The molecule has 5 heteroatoms. The van der Waals surface area contributed by atoms with Gasteiger partial charge in [-0.3, -0.25) is 14.8 Å². The Kier molecular flexibility index (Phi) is 5.56. The van der Waals surface area contributed by atoms with Crippen molar-refractivity contribution in [3.8, 4) is 0 Å². The van der Waals surface area contributed by atoms with Crippen LogP contribution < -0.4 is 5.32 Å². The molecule has 0 aromatic carbocycles. The van der Waals surface area contributed by atoms with Gasteiger partial charge in [0.05, 0.1) is 11.3 Å². The zero-order valence-electron chi connectivity index (χ0n) is 13.5. The van der Waals surface area contributed by atoms with E-state index in [1.54, 1.807) is 0 Å². The smallest absolute Gasteiger partial charge is 0.0718 e. The molecule has 21 heavy (non-hydrogen) atoms. The van der Waals surface area contributed by atoms with Crippen LogP contribution in [0.15, 0.2) is 18.3 Å². The zero-order valence-corrected chi connectivity index (χ0v) is 13.5. The quantitative estimate of drug-likeness (QED) is 0.830. The molecule has 0 amide bonds. The average Bonchev–Trinajstić information content (AvgIpc) is 2.40. The number of hydrogen-bond acceptors (Lipinski definition) is 5. The van der Waals surface area contributed by atoms with Crippen molar-refractivity contribution in [1.29, 1.82) is 0 Å². The van der Waals surface area contributed by atoms with Crippen molar-refractivity contribution in [3.63, 3.8) is 0 Å². The van der Waals surface area contributed by atoms with E-state index in [0.29, 0.717) is 0 Å². The summed E-state index contributed by atoms with van der Waals surface area (Å²) in [5, 5.41) is 13.2. The molecule has 1 aliphatic heterocycles. The van der Waals surface area contributed by atoms with Gasteiger partial charge in [0.2, 0.25) is 0 Å². The predicted octanol–water partition coefficient (Wildman–Crippen LogP) is 1.40. The lowest BCUT2D eigenvalue weighted by molar-refractivity contribution is 0.0165. The lowest BCUT2D eigenvalue weighted by Crippen LogP contribution is -2.50. The van der Waals surface area contributed by atoms with E-state index >= 15 is 0 Å². The molecule has 2 rings (SSSR count). The minimum Gasteiger partial charge on any atom is -0.389 e. The number of β-amino-alcohol motifs (C(OH)–C–C–N with tert-alkyl or cyclic N) is 1. The van der Waals surface area contributed by atoms with E-state index in [1.807, 2.05) is 26.1 Å². The molecule has 5 nitrogen and oxygen atoms in total. The first-order valence-corrected chi connectivity index (χ1v) is 7.82. The Morgan fingerprint density at radius 1 is 1.24 bits per heavy atom. The minimum atomic E-state index is -0.607. The Morgan fingerprint density at radius 2 is 1.90 bits per heavy atom. The Bertz CT molecular complexity index is 436. The summed E-state index contributed by atoms with van der Waals surface area (Å²) < 4.78 is 0. The van der Waals surface area contributed by atoms with Crippen LogP contribution in [0.25, 0.3) is 0 Å². The number of pyridine rings is 1. The summed E-state index contributed by atoms with van der Waals surface area (Å²) in [6, 6.07) is 4.14. The van der Waals surface area contributed by atoms with Crippen LogP contribution in [0.3, 0.4) is 0 Å². The molecular weight excluding hydrogens is 264 g/mol. The fourth-order valence-electron chi connectivity index (χ4n) is 2.76. The van der Waals surface area contributed by atoms with E-state index in [2.05, 4.69) is 33.1 Å². The maximum atomic E-state index is 9.88. The monoisotopic (exact) mass is 292 g/mol. The molecule has 1 fully saturated rings. The second kappa shape index (κ2) is 7.20. The van der Waals surface area contributed by atoms with E-state index in [4.69, 9.17) is 0 Å². The first-order chi connectivity index (χ1) is 9.96. The van der Waals surface area contributed by atoms with E-state index < -0.39 is 5.60 Å². The summed E-state index contributed by atoms with van der Waals surface area (Å²) in [5.74, 6) is 0. The zero-order chi connectivity index (χ0) is 15.3. The van der Waals surface area contributed by atoms with Gasteiger partial charge in [-0.1, -0.05) is 0 Å². The van der Waals surface area contributed by atoms with Crippen molar-refractivity contribution in [3.05, 3.63) is 24.0 Å². The van der Waals surface area contributed by atoms with Gasteiger partial charge in [0, 0.05) is 57.7 Å². The van der Waals surface area contributed by atoms with Gasteiger partial charge in [-0.15, -0.1) is 0 Å². The molecule has 1 aromatic heterocycles. The first kappa shape index (κ1) is 16.2. The number of aromatic nitrogens is 1. The number of nitrogens with zero attached hydrogens (tertiary/aromatic N) is 3. The SMILES string of the molecule is CCNc1ccnc(CN2CCN(CC(C)(C)O)CC2)c1. The first-order valence-electron chi connectivity index (χ1n) is 7.82. The molecule has 2 N–H and O–H groups in total. The Labute approximate surface area is 128 Å². The molecule has 0 spiro atoms. The third-order valence-electron chi connectivity index (χ3n) is 3.66. The fourth-order valence-corrected chi connectivity index (χ4v) is 2.76. The molecule has 1 aliphatic rings. The molecule has 1 aromatic rings. The topological polar surface area (TPSA) is 51.6 Å². The number of anilines is 1. The maximum Gasteiger partial charge on any atom is 0.0718 e. The fraction of sp³-hybridized carbons (Fsp3) is 0.688. The highest BCUT2D eigenvalue weighted by atomic mass is 16.3. The van der Waals surface area contributed by atoms with Crippen LogP contribution in [0, 0.1) is 0 Å². The highest BCUT2D eigenvalue weighted by Gasteiger charge is 2.22. The van der Waals surface area contributed by atoms with Gasteiger partial charge >= 0.3 is 0 Å². The number of hydrogen-bond donors (Lipinski definition) is 2. The van der Waals surface area contributed by atoms with E-state index in [0.717, 1.165) is 57.2 Å². The molecule has 0 atom stereocenters. The number of piperazine rings is 1. The van der Waals surface area contributed by atoms with E-state index in [1.165, 1.54) is 0 Å². The van der Waals surface area contributed by atoms with Crippen LogP contribution in [-0.2, 0) is 6.54 Å². The predicted molar refractivity (Wildman–Crippen MR) is 86.4 cm³/mol. The van der Waals surface area contributed by atoms with Crippen molar-refractivity contribution in [2.24, 2.45) is 0 Å². The van der Waals surface area contributed by atoms with Gasteiger partial charge in [0.25, 0.3) is 0 Å². The van der Waals surface area contributed by atoms with E-state index in [-0.39, 0.29) is 0 Å². The Morgan fingerprint density at radius 3 is 2.52 bits per heavy atom. The molecule has 0 bridgehead atoms. The van der Waals surface area contributed by atoms with Gasteiger partial charge in [-0.2, -0.15) is 0 Å². The van der Waals surface area contributed by atoms with Crippen molar-refractivity contribution in [2.45, 2.75) is 32.9 Å². The van der Waals surface area contributed by atoms with Crippen LogP contribution in [0.2, 0.25) is 0 Å². The Hall–Kier alpha value is -1.17. The van der Waals surface area contributed by atoms with Crippen LogP contribution in [0.4, 0.5) is 5.69 Å². The van der Waals surface area contributed by atoms with E-state index in [9.17, 15) is 5.11 Å². The van der Waals surface area contributed by atoms with Crippen molar-refractivity contribution < 1.29 is 5.11 Å². The highest BCUT2D eigenvalue weighted by molar-refractivity contribution is 5.42. The van der Waals surface area contributed by atoms with Crippen LogP contribution >= 0.6 is 0 Å². The highest BCUT2D eigenvalue weighted by Crippen LogP contribution is 2.13. The summed E-state index contributed by atoms with van der Waals surface area (Å²) in [5.41, 5.74) is 1.65. The summed E-state index contributed by atoms with van der Waals surface area (Å²) in [4.78, 5) is 9.22. The standard InChI is InChI=1S/C16H28N4O/c1-4-17-14-5-6-18-15(11-14)12-19-7-9-20(10-8-19)13-16(2,3)21/h5-6,11,21H,4,7-10,12-13H2,1-3H3,(H,17,18). The molecule has 118 valence electrons. The Balaban J connectivity index is 1.82. The number of aliphatic hydroxyl groups is 1. The summed E-state index contributed by atoms with van der Waals surface area (Å²) in [6.07, 6.45) is 1.87. The van der Waals surface area contributed by atoms with Gasteiger partial charge in [-0.25, -0.2) is 0 Å². The molecule has 0 saturated carbocycles. The van der Waals surface area contributed by atoms with Crippen molar-refractivity contribution >= 4 is 5.69 Å². The summed E-state index contributed by atoms with van der Waals surface area (Å²) in [6.45, 7) is 12.5. The van der Waals surface area contributed by atoms with Gasteiger partial charge in [0.15, 0.2) is 0 Å². The van der Waals surface area contributed by atoms with Gasteiger partial charge in [-0.05, 0) is 32.9 Å². The second-order valence-electron chi connectivity index (χ2n) is 6.43. The molecular formula is C16H28N4O. The normalized spacial score (nSPS) is 17.9. The number of rotatable bonds is 6. The molecule has 2 heterocycles. The molecule has 1 saturated heterocycles. The largest absolute Gasteiger partial charge is 0.389 e.